The number of benzene rings is 1. The highest BCUT2D eigenvalue weighted by Crippen LogP contribution is 2.21. The summed E-state index contributed by atoms with van der Waals surface area (Å²) >= 11 is 3.33. The number of carbonyl (C=O) groups is 1. The van der Waals surface area contributed by atoms with Crippen LogP contribution >= 0.6 is 15.9 Å². The van der Waals surface area contributed by atoms with Crippen molar-refractivity contribution in [2.45, 2.75) is 25.6 Å². The fourth-order valence-corrected chi connectivity index (χ4v) is 2.07. The summed E-state index contributed by atoms with van der Waals surface area (Å²) in [6.07, 6.45) is 0.718. The smallest absolute Gasteiger partial charge is 0.338 e. The van der Waals surface area contributed by atoms with Crippen molar-refractivity contribution in [2.75, 3.05) is 6.61 Å². The van der Waals surface area contributed by atoms with E-state index in [4.69, 9.17) is 10.00 Å². The molecular formula is C13H14BrNO2. The number of nitrogens with zero attached hydrogens (tertiary/aromatic N) is 1. The number of carbonyl (C=O) groups excluding carboxylic acids is 1. The minimum Gasteiger partial charge on any atom is -0.462 e. The molecule has 1 aromatic rings. The fraction of sp³-hybridized carbons (Fsp3) is 0.385. The van der Waals surface area contributed by atoms with Gasteiger partial charge in [0.2, 0.25) is 0 Å². The Bertz CT molecular complexity index is 438. The van der Waals surface area contributed by atoms with Crippen LogP contribution in [0, 0.1) is 11.3 Å². The number of rotatable bonds is 4. The monoisotopic (exact) mass is 295 g/mol. The van der Waals surface area contributed by atoms with E-state index in [1.54, 1.807) is 19.1 Å². The van der Waals surface area contributed by atoms with Gasteiger partial charge in [0, 0.05) is 5.33 Å². The van der Waals surface area contributed by atoms with Crippen LogP contribution in [0.5, 0.6) is 0 Å². The molecule has 0 aliphatic carbocycles. The molecule has 90 valence electrons. The van der Waals surface area contributed by atoms with Gasteiger partial charge in [0.1, 0.15) is 0 Å². The molecule has 0 saturated heterocycles. The Labute approximate surface area is 110 Å². The number of alkyl halides is 1. The lowest BCUT2D eigenvalue weighted by atomic mass is 9.97. The average molecular weight is 296 g/mol. The zero-order valence-corrected chi connectivity index (χ0v) is 11.5. The molecule has 17 heavy (non-hydrogen) atoms. The Morgan fingerprint density at radius 3 is 2.53 bits per heavy atom. The molecule has 1 rings (SSSR count). The summed E-state index contributed by atoms with van der Waals surface area (Å²) < 4.78 is 4.96. The summed E-state index contributed by atoms with van der Waals surface area (Å²) in [5.74, 6) is -0.339. The molecule has 0 aliphatic heterocycles. The Hall–Kier alpha value is -1.34. The molecule has 0 aliphatic rings. The fourth-order valence-electron chi connectivity index (χ4n) is 1.63. The van der Waals surface area contributed by atoms with Gasteiger partial charge in [-0.05, 0) is 36.6 Å². The van der Waals surface area contributed by atoms with Gasteiger partial charge in [0.05, 0.1) is 23.8 Å². The average Bonchev–Trinajstić information content (AvgIpc) is 2.37. The van der Waals surface area contributed by atoms with Gasteiger partial charge in [0.15, 0.2) is 0 Å². The minimum atomic E-state index is -0.339. The lowest BCUT2D eigenvalue weighted by Gasteiger charge is -2.09. The minimum absolute atomic E-state index is 0.339. The van der Waals surface area contributed by atoms with Crippen molar-refractivity contribution in [1.29, 1.82) is 5.26 Å². The van der Waals surface area contributed by atoms with Crippen LogP contribution in [0.15, 0.2) is 12.1 Å². The molecule has 0 saturated carbocycles. The second kappa shape index (κ2) is 6.41. The SMILES string of the molecule is CCOC(=O)c1cc(CC)c(C#N)c(CBr)c1. The van der Waals surface area contributed by atoms with E-state index in [0.29, 0.717) is 23.1 Å². The molecule has 0 unspecified atom stereocenters. The van der Waals surface area contributed by atoms with Gasteiger partial charge in [-0.1, -0.05) is 22.9 Å². The van der Waals surface area contributed by atoms with Gasteiger partial charge >= 0.3 is 5.97 Å². The van der Waals surface area contributed by atoms with E-state index in [9.17, 15) is 4.79 Å². The van der Waals surface area contributed by atoms with Crippen LogP contribution in [0.3, 0.4) is 0 Å². The third-order valence-corrected chi connectivity index (χ3v) is 3.05. The first kappa shape index (κ1) is 13.7. The van der Waals surface area contributed by atoms with Crippen LogP contribution in [-0.2, 0) is 16.5 Å². The molecule has 3 nitrogen and oxygen atoms in total. The Morgan fingerprint density at radius 2 is 2.06 bits per heavy atom. The number of hydrogen-bond donors (Lipinski definition) is 0. The third kappa shape index (κ3) is 3.07. The van der Waals surface area contributed by atoms with Gasteiger partial charge in [-0.2, -0.15) is 5.26 Å². The second-order valence-electron chi connectivity index (χ2n) is 3.49. The van der Waals surface area contributed by atoms with E-state index in [-0.39, 0.29) is 5.97 Å². The Balaban J connectivity index is 3.28. The quantitative estimate of drug-likeness (QED) is 0.633. The molecule has 0 amide bonds. The van der Waals surface area contributed by atoms with Crippen molar-refractivity contribution in [1.82, 2.24) is 0 Å². The van der Waals surface area contributed by atoms with Crippen molar-refractivity contribution in [2.24, 2.45) is 0 Å². The molecule has 1 aromatic carbocycles. The van der Waals surface area contributed by atoms with E-state index in [1.807, 2.05) is 6.92 Å². The Morgan fingerprint density at radius 1 is 1.41 bits per heavy atom. The first-order valence-electron chi connectivity index (χ1n) is 5.46. The van der Waals surface area contributed by atoms with E-state index >= 15 is 0 Å². The number of esters is 1. The summed E-state index contributed by atoms with van der Waals surface area (Å²) in [6, 6.07) is 5.63. The van der Waals surface area contributed by atoms with E-state index in [2.05, 4.69) is 22.0 Å². The predicted molar refractivity (Wildman–Crippen MR) is 69.1 cm³/mol. The number of hydrogen-bond acceptors (Lipinski definition) is 3. The van der Waals surface area contributed by atoms with Crippen LogP contribution in [0.1, 0.15) is 40.9 Å². The van der Waals surface area contributed by atoms with Crippen molar-refractivity contribution in [3.63, 3.8) is 0 Å². The first-order chi connectivity index (χ1) is 8.17. The molecule has 0 heterocycles. The van der Waals surface area contributed by atoms with E-state index < -0.39 is 0 Å². The number of nitriles is 1. The highest BCUT2D eigenvalue weighted by atomic mass is 79.9. The summed E-state index contributed by atoms with van der Waals surface area (Å²) in [7, 11) is 0. The van der Waals surface area contributed by atoms with Gasteiger partial charge in [-0.3, -0.25) is 0 Å². The zero-order chi connectivity index (χ0) is 12.8. The standard InChI is InChI=1S/C13H14BrNO2/c1-3-9-5-10(13(16)17-4-2)6-11(7-14)12(9)8-15/h5-6H,3-4,7H2,1-2H3. The van der Waals surface area contributed by atoms with Gasteiger partial charge in [0.25, 0.3) is 0 Å². The molecule has 0 atom stereocenters. The predicted octanol–water partition coefficient (Wildman–Crippen LogP) is 3.19. The maximum Gasteiger partial charge on any atom is 0.338 e. The molecule has 0 N–H and O–H groups in total. The van der Waals surface area contributed by atoms with Crippen molar-refractivity contribution >= 4 is 21.9 Å². The Kier molecular flexibility index (Phi) is 5.17. The topological polar surface area (TPSA) is 50.1 Å². The second-order valence-corrected chi connectivity index (χ2v) is 4.05. The van der Waals surface area contributed by atoms with Crippen LogP contribution in [0.2, 0.25) is 0 Å². The number of aryl methyl sites for hydroxylation is 1. The third-order valence-electron chi connectivity index (χ3n) is 2.45. The van der Waals surface area contributed by atoms with Gasteiger partial charge in [-0.15, -0.1) is 0 Å². The van der Waals surface area contributed by atoms with E-state index in [1.165, 1.54) is 0 Å². The number of halogens is 1. The molecule has 0 radical (unpaired) electrons. The highest BCUT2D eigenvalue weighted by Gasteiger charge is 2.13. The molecule has 4 heteroatoms. The van der Waals surface area contributed by atoms with Crippen molar-refractivity contribution in [3.05, 3.63) is 34.4 Å². The lowest BCUT2D eigenvalue weighted by Crippen LogP contribution is -2.07. The maximum absolute atomic E-state index is 11.7. The van der Waals surface area contributed by atoms with E-state index in [0.717, 1.165) is 17.5 Å². The molecule has 0 bridgehead atoms. The first-order valence-corrected chi connectivity index (χ1v) is 6.59. The summed E-state index contributed by atoms with van der Waals surface area (Å²) in [5, 5.41) is 9.66. The normalized spacial score (nSPS) is 9.76. The van der Waals surface area contributed by atoms with Crippen LogP contribution < -0.4 is 0 Å². The van der Waals surface area contributed by atoms with Gasteiger partial charge < -0.3 is 4.74 Å². The van der Waals surface area contributed by atoms with Crippen molar-refractivity contribution < 1.29 is 9.53 Å². The summed E-state index contributed by atoms with van der Waals surface area (Å²) in [6.45, 7) is 4.08. The van der Waals surface area contributed by atoms with Crippen LogP contribution in [-0.4, -0.2) is 12.6 Å². The largest absolute Gasteiger partial charge is 0.462 e. The van der Waals surface area contributed by atoms with Crippen LogP contribution in [0.25, 0.3) is 0 Å². The van der Waals surface area contributed by atoms with Gasteiger partial charge in [-0.25, -0.2) is 4.79 Å². The highest BCUT2D eigenvalue weighted by molar-refractivity contribution is 9.08. The van der Waals surface area contributed by atoms with Crippen molar-refractivity contribution in [3.8, 4) is 6.07 Å². The maximum atomic E-state index is 11.7. The summed E-state index contributed by atoms with van der Waals surface area (Å²) in [5.41, 5.74) is 2.87. The number of ether oxygens (including phenoxy) is 1. The molecule has 0 aromatic heterocycles. The molecule has 0 spiro atoms. The molecule has 0 fully saturated rings. The summed E-state index contributed by atoms with van der Waals surface area (Å²) in [4.78, 5) is 11.7. The zero-order valence-electron chi connectivity index (χ0n) is 9.92. The van der Waals surface area contributed by atoms with Crippen LogP contribution in [0.4, 0.5) is 0 Å². The lowest BCUT2D eigenvalue weighted by molar-refractivity contribution is 0.0526. The molecular weight excluding hydrogens is 282 g/mol.